The molecule has 24 heteroatoms. The second-order valence-electron chi connectivity index (χ2n) is 25.0. The van der Waals surface area contributed by atoms with E-state index in [1.165, 1.54) is 36.0 Å². The van der Waals surface area contributed by atoms with E-state index in [9.17, 15) is 43.5 Å². The first-order valence-corrected chi connectivity index (χ1v) is 31.7. The maximum Gasteiger partial charge on any atom is 0.410 e. The third-order valence-corrected chi connectivity index (χ3v) is 17.3. The van der Waals surface area contributed by atoms with Crippen molar-refractivity contribution in [1.29, 1.82) is 5.26 Å². The van der Waals surface area contributed by atoms with Crippen LogP contribution in [0.1, 0.15) is 130 Å². The summed E-state index contributed by atoms with van der Waals surface area (Å²) in [7, 11) is 7.90. The number of amides is 3. The summed E-state index contributed by atoms with van der Waals surface area (Å²) in [5, 5.41) is 26.9. The second-order valence-corrected chi connectivity index (χ2v) is 25.0. The predicted octanol–water partition coefficient (Wildman–Crippen LogP) is 5.91. The minimum absolute atomic E-state index is 0.0143. The summed E-state index contributed by atoms with van der Waals surface area (Å²) < 4.78 is 45.5. The Morgan fingerprint density at radius 2 is 1.18 bits per heavy atom. The quantitative estimate of drug-likeness (QED) is 0.105. The summed E-state index contributed by atoms with van der Waals surface area (Å²) in [6.07, 6.45) is 20.9. The molecule has 0 aromatic heterocycles. The molecule has 7 saturated heterocycles. The van der Waals surface area contributed by atoms with Crippen molar-refractivity contribution < 1.29 is 91.2 Å². The summed E-state index contributed by atoms with van der Waals surface area (Å²) in [4.78, 5) is 95.8. The van der Waals surface area contributed by atoms with Gasteiger partial charge < -0.3 is 67.5 Å². The molecule has 10 heterocycles. The Morgan fingerprint density at radius 3 is 1.60 bits per heavy atom. The Bertz CT molecular complexity index is 2370. The molecule has 7 fully saturated rings. The van der Waals surface area contributed by atoms with E-state index in [0.29, 0.717) is 108 Å². The van der Waals surface area contributed by atoms with Crippen LogP contribution in [0.15, 0.2) is 34.9 Å². The average Bonchev–Trinajstić information content (AvgIpc) is 3.63. The lowest BCUT2D eigenvalue weighted by Gasteiger charge is -2.28. The van der Waals surface area contributed by atoms with Gasteiger partial charge in [-0.25, -0.2) is 14.4 Å². The van der Waals surface area contributed by atoms with Crippen molar-refractivity contribution in [2.45, 2.75) is 160 Å². The number of aliphatic hydroxyl groups excluding tert-OH is 1. The first-order chi connectivity index (χ1) is 42.6. The zero-order chi connectivity index (χ0) is 65.3. The molecule has 3 amide bonds. The number of carboxylic acids is 1. The van der Waals surface area contributed by atoms with Gasteiger partial charge in [-0.15, -0.1) is 0 Å². The van der Waals surface area contributed by atoms with Gasteiger partial charge in [-0.05, 0) is 147 Å². The monoisotopic (exact) mass is 1260 g/mol. The molecule has 0 aromatic carbocycles. The number of carbonyl (C=O) groups is 8. The first-order valence-electron chi connectivity index (χ1n) is 31.7. The number of esters is 2. The van der Waals surface area contributed by atoms with Crippen LogP contribution >= 0.6 is 0 Å². The zero-order valence-corrected chi connectivity index (χ0v) is 54.2. The number of likely N-dealkylation sites (tertiary alicyclic amines) is 4. The number of Topliss-reactive ketones (excluding diaryl/α,β-unsaturated/α-hetero) is 1. The summed E-state index contributed by atoms with van der Waals surface area (Å²) in [5.74, 6) is 1.46. The van der Waals surface area contributed by atoms with Crippen molar-refractivity contribution in [2.24, 2.45) is 29.6 Å². The van der Waals surface area contributed by atoms with Gasteiger partial charge in [-0.1, -0.05) is 17.7 Å². The third kappa shape index (κ3) is 27.8. The lowest BCUT2D eigenvalue weighted by atomic mass is 9.88. The SMILES string of the molecule is CC(C)(C)OC(=O)N1CC(CC2CCOCC2)C[C@H]1CO.CN1CC(CC2CCOCC2)C[C@H]1C(=O)O.COC(=O)[C@@H]1CC(CC2=CCOCC2)C(=O)N1C.COC(=O)[C@@H]1CCC(=O)N1C.N#CC1=CCOCC1.O=C1CCOCC1.O=CC1=CCOCC1. The molecule has 10 aliphatic heterocycles. The minimum Gasteiger partial charge on any atom is -0.480 e. The van der Waals surface area contributed by atoms with Gasteiger partial charge in [0.05, 0.1) is 85.8 Å². The minimum atomic E-state index is -0.669. The fourth-order valence-corrected chi connectivity index (χ4v) is 12.1. The van der Waals surface area contributed by atoms with Crippen LogP contribution < -0.4 is 0 Å². The van der Waals surface area contributed by atoms with E-state index in [4.69, 9.17) is 48.3 Å². The number of carboxylic acid groups (broad SMARTS) is 1. The molecule has 10 aliphatic rings. The lowest BCUT2D eigenvalue weighted by molar-refractivity contribution is -0.148. The van der Waals surface area contributed by atoms with Crippen LogP contribution in [0.5, 0.6) is 0 Å². The molecule has 10 rings (SSSR count). The standard InChI is InChI=1S/C16H29NO4.C13H19NO4.C12H21NO3.C7H11NO3.C6H7NO.C6H8O2.C5H8O2/c1-16(2,3)21-15(19)17-10-13(9-14(17)11-18)8-12-4-6-20-7-5-12;1-14-11(13(16)17-2)8-10(12(14)15)7-9-3-5-18-6-4-9;1-13-8-10(7-11(13)12(14)15)6-9-2-4-16-5-3-9;1-8-5(7(10)11-2)3-4-6(8)9;2*7-5-6-1-3-8-4-2-6;6-5-1-3-7-4-2-5/h12-14,18H,4-11H2,1-3H3;3,10-11H,4-8H2,1-2H3;9-11H,2-8H2,1H3,(H,14,15);5H,3-4H2,1-2H3;1H,2-4H2;1,5H,2-4H2;1-4H2/t13?,14-;2*10?,11-;5-;;;/m0000.../s1. The van der Waals surface area contributed by atoms with Gasteiger partial charge in [-0.3, -0.25) is 28.9 Å². The Balaban J connectivity index is 0.000000230. The fourth-order valence-electron chi connectivity index (χ4n) is 12.1. The van der Waals surface area contributed by atoms with Crippen LogP contribution in [-0.4, -0.2) is 242 Å². The summed E-state index contributed by atoms with van der Waals surface area (Å²) >= 11 is 0. The van der Waals surface area contributed by atoms with Crippen LogP contribution in [-0.2, 0) is 76.2 Å². The van der Waals surface area contributed by atoms with E-state index in [1.54, 1.807) is 19.0 Å². The number of ether oxygens (including phenoxy) is 9. The Labute approximate surface area is 526 Å². The molecule has 7 atom stereocenters. The van der Waals surface area contributed by atoms with Gasteiger partial charge in [-0.2, -0.15) is 5.26 Å². The summed E-state index contributed by atoms with van der Waals surface area (Å²) in [6, 6.07) is 0.955. The molecular formula is C65H103N5O19. The van der Waals surface area contributed by atoms with Crippen LogP contribution in [0.3, 0.4) is 0 Å². The highest BCUT2D eigenvalue weighted by molar-refractivity contribution is 5.90. The number of hydrogen-bond donors (Lipinski definition) is 2. The number of rotatable bonds is 11. The van der Waals surface area contributed by atoms with Gasteiger partial charge in [0.1, 0.15) is 35.8 Å². The van der Waals surface area contributed by atoms with Crippen molar-refractivity contribution in [1.82, 2.24) is 19.6 Å². The van der Waals surface area contributed by atoms with Crippen molar-refractivity contribution in [3.05, 3.63) is 34.9 Å². The summed E-state index contributed by atoms with van der Waals surface area (Å²) in [5.41, 5.74) is 2.50. The van der Waals surface area contributed by atoms with Gasteiger partial charge in [0.25, 0.3) is 0 Å². The summed E-state index contributed by atoms with van der Waals surface area (Å²) in [6.45, 7) is 16.0. The zero-order valence-electron chi connectivity index (χ0n) is 54.2. The molecule has 0 aliphatic carbocycles. The molecule has 89 heavy (non-hydrogen) atoms. The van der Waals surface area contributed by atoms with Gasteiger partial charge in [0.2, 0.25) is 11.8 Å². The number of likely N-dealkylation sites (N-methyl/N-ethyl adjacent to an activating group) is 3. The number of aliphatic hydroxyl groups is 1. The van der Waals surface area contributed by atoms with Crippen molar-refractivity contribution in [3.63, 3.8) is 0 Å². The van der Waals surface area contributed by atoms with E-state index in [0.717, 1.165) is 134 Å². The number of aliphatic carboxylic acids is 1. The predicted molar refractivity (Wildman–Crippen MR) is 327 cm³/mol. The van der Waals surface area contributed by atoms with Crippen molar-refractivity contribution in [3.8, 4) is 6.07 Å². The third-order valence-electron chi connectivity index (χ3n) is 17.3. The molecule has 24 nitrogen and oxygen atoms in total. The van der Waals surface area contributed by atoms with Gasteiger partial charge in [0.15, 0.2) is 0 Å². The number of carbonyl (C=O) groups excluding carboxylic acids is 7. The van der Waals surface area contributed by atoms with E-state index in [1.807, 2.05) is 50.9 Å². The van der Waals surface area contributed by atoms with Crippen LogP contribution in [0.2, 0.25) is 0 Å². The molecule has 0 saturated carbocycles. The van der Waals surface area contributed by atoms with E-state index < -0.39 is 17.6 Å². The normalized spacial score (nSPS) is 26.5. The molecular weight excluding hydrogens is 1150 g/mol. The smallest absolute Gasteiger partial charge is 0.410 e. The van der Waals surface area contributed by atoms with Crippen molar-refractivity contribution >= 4 is 47.9 Å². The number of ketones is 1. The number of methoxy groups -OCH3 is 2. The van der Waals surface area contributed by atoms with Crippen LogP contribution in [0.25, 0.3) is 0 Å². The van der Waals surface area contributed by atoms with Crippen LogP contribution in [0, 0.1) is 40.9 Å². The molecule has 0 radical (unpaired) electrons. The molecule has 0 bridgehead atoms. The highest BCUT2D eigenvalue weighted by Gasteiger charge is 2.42. The first kappa shape index (κ1) is 75.8. The maximum atomic E-state index is 12.2. The molecule has 0 spiro atoms. The highest BCUT2D eigenvalue weighted by atomic mass is 16.6. The highest BCUT2D eigenvalue weighted by Crippen LogP contribution is 2.34. The number of hydrogen-bond acceptors (Lipinski definition) is 20. The number of nitriles is 1. The second kappa shape index (κ2) is 41.0. The fraction of sp³-hybridized carbons (Fsp3) is 0.769. The molecule has 502 valence electrons. The van der Waals surface area contributed by atoms with Crippen LogP contribution in [0.4, 0.5) is 4.79 Å². The largest absolute Gasteiger partial charge is 0.480 e. The number of aldehydes is 1. The molecule has 3 unspecified atom stereocenters. The Morgan fingerprint density at radius 1 is 0.640 bits per heavy atom. The average molecular weight is 1260 g/mol. The Hall–Kier alpha value is -5.65. The Kier molecular flexibility index (Phi) is 34.9. The van der Waals surface area contributed by atoms with E-state index in [2.05, 4.69) is 10.8 Å². The molecule has 2 N–H and O–H groups in total. The number of nitrogens with zero attached hydrogens (tertiary/aromatic N) is 5. The van der Waals surface area contributed by atoms with E-state index >= 15 is 0 Å². The van der Waals surface area contributed by atoms with Gasteiger partial charge in [0, 0.05) is 90.8 Å². The lowest BCUT2D eigenvalue weighted by Crippen LogP contribution is -2.41. The molecule has 0 aromatic rings. The van der Waals surface area contributed by atoms with E-state index in [-0.39, 0.29) is 60.5 Å². The maximum absolute atomic E-state index is 12.2. The van der Waals surface area contributed by atoms with Crippen molar-refractivity contribution in [2.75, 3.05) is 134 Å². The topological polar surface area (TPSA) is 297 Å². The van der Waals surface area contributed by atoms with Gasteiger partial charge >= 0.3 is 24.0 Å².